The van der Waals surface area contributed by atoms with E-state index in [2.05, 4.69) is 26.0 Å². The molecule has 0 aromatic heterocycles. The van der Waals surface area contributed by atoms with E-state index in [9.17, 15) is 37.1 Å². The smallest absolute Gasteiger partial charge is 0.419 e. The molecule has 0 radical (unpaired) electrons. The van der Waals surface area contributed by atoms with Crippen LogP contribution >= 0.6 is 0 Å². The first kappa shape index (κ1) is 33.7. The van der Waals surface area contributed by atoms with Gasteiger partial charge in [0.25, 0.3) is 0 Å². The molecule has 4 N–H and O–H groups in total. The zero-order valence-electron chi connectivity index (χ0n) is 25.1. The number of carbonyl (C=O) groups excluding carboxylic acids is 5. The fourth-order valence-electron chi connectivity index (χ4n) is 4.58. The standard InChI is InChI=1S/C33H27F3N4O7/c1-18(41)19-15-20(17-21(16-19)37-31(44)38-25-12-6-4-9-23(25)29(42)46-2)22-11-8-14-27(28(22)33(34,35)36)40-32(45)39-26-13-7-5-10-24(26)30(43)47-3/h4-17H,1-3H3,(H2,37,38,44)(H2,39,40,45). The number of para-hydroxylation sites is 2. The highest BCUT2D eigenvalue weighted by molar-refractivity contribution is 6.07. The van der Waals surface area contributed by atoms with E-state index in [-0.39, 0.29) is 39.3 Å². The lowest BCUT2D eigenvalue weighted by molar-refractivity contribution is -0.136. The highest BCUT2D eigenvalue weighted by Gasteiger charge is 2.37. The largest absolute Gasteiger partial charge is 0.465 e. The summed E-state index contributed by atoms with van der Waals surface area (Å²) in [4.78, 5) is 62.3. The van der Waals surface area contributed by atoms with Crippen molar-refractivity contribution in [2.24, 2.45) is 0 Å². The average Bonchev–Trinajstić information content (AvgIpc) is 3.03. The predicted molar refractivity (Wildman–Crippen MR) is 168 cm³/mol. The molecule has 0 saturated carbocycles. The summed E-state index contributed by atoms with van der Waals surface area (Å²) >= 11 is 0. The number of alkyl halides is 3. The van der Waals surface area contributed by atoms with Crippen LogP contribution in [-0.4, -0.2) is 44.0 Å². The van der Waals surface area contributed by atoms with Crippen LogP contribution in [0.4, 0.5) is 45.5 Å². The molecule has 0 spiro atoms. The Morgan fingerprint density at radius 2 is 1.11 bits per heavy atom. The molecule has 4 amide bonds. The number of urea groups is 2. The first-order chi connectivity index (χ1) is 22.3. The summed E-state index contributed by atoms with van der Waals surface area (Å²) in [5.74, 6) is -1.98. The highest BCUT2D eigenvalue weighted by atomic mass is 19.4. The number of esters is 2. The number of hydrogen-bond donors (Lipinski definition) is 4. The van der Waals surface area contributed by atoms with Crippen molar-refractivity contribution in [3.8, 4) is 11.1 Å². The molecule has 0 fully saturated rings. The second-order valence-electron chi connectivity index (χ2n) is 9.81. The maximum Gasteiger partial charge on any atom is 0.419 e. The topological polar surface area (TPSA) is 152 Å². The minimum Gasteiger partial charge on any atom is -0.465 e. The summed E-state index contributed by atoms with van der Waals surface area (Å²) in [5, 5.41) is 9.50. The number of methoxy groups -OCH3 is 2. The summed E-state index contributed by atoms with van der Waals surface area (Å²) in [7, 11) is 2.31. The van der Waals surface area contributed by atoms with Gasteiger partial charge in [0.2, 0.25) is 0 Å². The maximum atomic E-state index is 14.6. The molecule has 0 bridgehead atoms. The molecule has 0 atom stereocenters. The SMILES string of the molecule is COC(=O)c1ccccc1NC(=O)Nc1cc(C(C)=O)cc(-c2cccc(NC(=O)Nc3ccccc3C(=O)OC)c2C(F)(F)F)c1. The van der Waals surface area contributed by atoms with Crippen LogP contribution in [0, 0.1) is 0 Å². The number of carbonyl (C=O) groups is 5. The monoisotopic (exact) mass is 648 g/mol. The Hall–Kier alpha value is -6.18. The molecule has 0 unspecified atom stereocenters. The van der Waals surface area contributed by atoms with Gasteiger partial charge in [-0.3, -0.25) is 4.79 Å². The first-order valence-electron chi connectivity index (χ1n) is 13.7. The normalized spacial score (nSPS) is 10.8. The van der Waals surface area contributed by atoms with Crippen molar-refractivity contribution < 1.29 is 46.6 Å². The third-order valence-electron chi connectivity index (χ3n) is 6.67. The molecule has 4 aromatic carbocycles. The van der Waals surface area contributed by atoms with Crippen LogP contribution in [0.2, 0.25) is 0 Å². The molecule has 14 heteroatoms. The van der Waals surface area contributed by atoms with Crippen LogP contribution in [0.25, 0.3) is 11.1 Å². The Morgan fingerprint density at radius 1 is 0.617 bits per heavy atom. The first-order valence-corrected chi connectivity index (χ1v) is 13.7. The molecular formula is C33H27F3N4O7. The zero-order chi connectivity index (χ0) is 34.3. The van der Waals surface area contributed by atoms with E-state index in [4.69, 9.17) is 4.74 Å². The van der Waals surface area contributed by atoms with Crippen molar-refractivity contribution in [1.82, 2.24) is 0 Å². The van der Waals surface area contributed by atoms with E-state index in [0.29, 0.717) is 0 Å². The molecule has 11 nitrogen and oxygen atoms in total. The van der Waals surface area contributed by atoms with Crippen molar-refractivity contribution >= 4 is 52.5 Å². The van der Waals surface area contributed by atoms with Crippen molar-refractivity contribution in [1.29, 1.82) is 0 Å². The van der Waals surface area contributed by atoms with Gasteiger partial charge in [-0.05, 0) is 66.6 Å². The number of ketones is 1. The average molecular weight is 649 g/mol. The van der Waals surface area contributed by atoms with Crippen molar-refractivity contribution in [3.05, 3.63) is 107 Å². The number of ether oxygens (including phenoxy) is 2. The Bertz CT molecular complexity index is 1880. The Morgan fingerprint density at radius 3 is 1.62 bits per heavy atom. The lowest BCUT2D eigenvalue weighted by Gasteiger charge is -2.20. The Kier molecular flexibility index (Phi) is 10.2. The van der Waals surface area contributed by atoms with Crippen LogP contribution in [0.15, 0.2) is 84.9 Å². The number of benzene rings is 4. The molecule has 242 valence electrons. The van der Waals surface area contributed by atoms with Gasteiger partial charge in [-0.15, -0.1) is 0 Å². The van der Waals surface area contributed by atoms with Gasteiger partial charge < -0.3 is 30.7 Å². The predicted octanol–water partition coefficient (Wildman–Crippen LogP) is 7.44. The minimum atomic E-state index is -5.00. The molecule has 4 aromatic rings. The van der Waals surface area contributed by atoms with Crippen LogP contribution < -0.4 is 21.3 Å². The number of anilines is 4. The van der Waals surface area contributed by atoms with Gasteiger partial charge in [-0.25, -0.2) is 19.2 Å². The third-order valence-corrected chi connectivity index (χ3v) is 6.67. The van der Waals surface area contributed by atoms with E-state index in [1.807, 2.05) is 0 Å². The number of rotatable bonds is 8. The molecule has 0 aliphatic heterocycles. The second-order valence-corrected chi connectivity index (χ2v) is 9.81. The van der Waals surface area contributed by atoms with Crippen LogP contribution in [-0.2, 0) is 15.7 Å². The van der Waals surface area contributed by atoms with E-state index >= 15 is 0 Å². The quantitative estimate of drug-likeness (QED) is 0.115. The van der Waals surface area contributed by atoms with Gasteiger partial charge in [0, 0.05) is 11.3 Å². The maximum absolute atomic E-state index is 14.6. The number of hydrogen-bond acceptors (Lipinski definition) is 7. The summed E-state index contributed by atoms with van der Waals surface area (Å²) in [6.07, 6.45) is -5.00. The molecule has 0 heterocycles. The fourth-order valence-corrected chi connectivity index (χ4v) is 4.58. The number of Topliss-reactive ketones (excluding diaryl/α,β-unsaturated/α-hetero) is 1. The lowest BCUT2D eigenvalue weighted by Crippen LogP contribution is -2.23. The van der Waals surface area contributed by atoms with Gasteiger partial charge in [0.05, 0.1) is 48.0 Å². The second kappa shape index (κ2) is 14.3. The van der Waals surface area contributed by atoms with Gasteiger partial charge >= 0.3 is 30.2 Å². The van der Waals surface area contributed by atoms with Crippen molar-refractivity contribution in [3.63, 3.8) is 0 Å². The zero-order valence-corrected chi connectivity index (χ0v) is 25.1. The number of amides is 4. The van der Waals surface area contributed by atoms with E-state index in [1.165, 1.54) is 74.7 Å². The van der Waals surface area contributed by atoms with Crippen molar-refractivity contribution in [2.75, 3.05) is 35.5 Å². The van der Waals surface area contributed by atoms with Gasteiger partial charge in [0.15, 0.2) is 5.78 Å². The van der Waals surface area contributed by atoms with Gasteiger partial charge in [-0.1, -0.05) is 36.4 Å². The minimum absolute atomic E-state index is 0.000995. The van der Waals surface area contributed by atoms with Crippen LogP contribution in [0.1, 0.15) is 43.6 Å². The van der Waals surface area contributed by atoms with E-state index in [0.717, 1.165) is 19.2 Å². The molecular weight excluding hydrogens is 621 g/mol. The summed E-state index contributed by atoms with van der Waals surface area (Å²) < 4.78 is 53.2. The molecule has 4 rings (SSSR count). The van der Waals surface area contributed by atoms with E-state index in [1.54, 1.807) is 12.1 Å². The summed E-state index contributed by atoms with van der Waals surface area (Å²) in [6.45, 7) is 1.20. The summed E-state index contributed by atoms with van der Waals surface area (Å²) in [6, 6.07) is 17.0. The Balaban J connectivity index is 1.69. The molecule has 0 aliphatic carbocycles. The van der Waals surface area contributed by atoms with Gasteiger partial charge in [0.1, 0.15) is 0 Å². The van der Waals surface area contributed by atoms with Crippen LogP contribution in [0.3, 0.4) is 0 Å². The summed E-state index contributed by atoms with van der Waals surface area (Å²) in [5.41, 5.74) is -2.29. The molecule has 47 heavy (non-hydrogen) atoms. The van der Waals surface area contributed by atoms with E-state index < -0.39 is 52.8 Å². The molecule has 0 aliphatic rings. The number of halogens is 3. The Labute approximate surface area is 266 Å². The van der Waals surface area contributed by atoms with Crippen molar-refractivity contribution in [2.45, 2.75) is 13.1 Å². The third kappa shape index (κ3) is 8.11. The fraction of sp³-hybridized carbons (Fsp3) is 0.121. The highest BCUT2D eigenvalue weighted by Crippen LogP contribution is 2.42. The lowest BCUT2D eigenvalue weighted by atomic mass is 9.95. The molecule has 0 saturated heterocycles. The van der Waals surface area contributed by atoms with Crippen LogP contribution in [0.5, 0.6) is 0 Å². The van der Waals surface area contributed by atoms with Gasteiger partial charge in [-0.2, -0.15) is 13.2 Å². The number of nitrogens with one attached hydrogen (secondary N) is 4.